The van der Waals surface area contributed by atoms with Crippen LogP contribution in [0.4, 0.5) is 5.69 Å². The fourth-order valence-corrected chi connectivity index (χ4v) is 2.46. The van der Waals surface area contributed by atoms with Crippen LogP contribution in [0.15, 0.2) is 30.6 Å². The summed E-state index contributed by atoms with van der Waals surface area (Å²) in [6.45, 7) is 3.38. The Bertz CT molecular complexity index is 542. The second-order valence-electron chi connectivity index (χ2n) is 4.82. The normalized spacial score (nSPS) is 18.6. The van der Waals surface area contributed by atoms with Crippen LogP contribution in [0.5, 0.6) is 0 Å². The number of nitrogens with one attached hydrogen (secondary N) is 1. The number of aromatic nitrogens is 2. The van der Waals surface area contributed by atoms with Gasteiger partial charge in [0.2, 0.25) is 0 Å². The molecule has 17 heavy (non-hydrogen) atoms. The summed E-state index contributed by atoms with van der Waals surface area (Å²) in [5.74, 6) is 0.642. The molecule has 1 aromatic carbocycles. The maximum absolute atomic E-state index is 4.23. The molecule has 0 spiro atoms. The van der Waals surface area contributed by atoms with E-state index in [2.05, 4.69) is 41.7 Å². The zero-order chi connectivity index (χ0) is 11.8. The summed E-state index contributed by atoms with van der Waals surface area (Å²) in [7, 11) is 1.95. The lowest BCUT2D eigenvalue weighted by Crippen LogP contribution is -2.14. The van der Waals surface area contributed by atoms with Crippen LogP contribution in [0.3, 0.4) is 0 Å². The summed E-state index contributed by atoms with van der Waals surface area (Å²) in [5.41, 5.74) is 5.16. The molecule has 0 saturated heterocycles. The van der Waals surface area contributed by atoms with Crippen molar-refractivity contribution < 1.29 is 0 Å². The van der Waals surface area contributed by atoms with Crippen molar-refractivity contribution in [1.29, 1.82) is 0 Å². The molecule has 3 nitrogen and oxygen atoms in total. The minimum Gasteiger partial charge on any atom is -0.385 e. The van der Waals surface area contributed by atoms with Gasteiger partial charge < -0.3 is 5.32 Å². The van der Waals surface area contributed by atoms with Crippen LogP contribution in [0.25, 0.3) is 11.1 Å². The number of aryl methyl sites for hydroxylation is 1. The fourth-order valence-electron chi connectivity index (χ4n) is 2.46. The molecule has 2 aromatic rings. The molecule has 0 amide bonds. The van der Waals surface area contributed by atoms with Crippen molar-refractivity contribution in [2.24, 2.45) is 7.05 Å². The highest BCUT2D eigenvalue weighted by atomic mass is 15.2. The van der Waals surface area contributed by atoms with Gasteiger partial charge in [-0.25, -0.2) is 0 Å². The summed E-state index contributed by atoms with van der Waals surface area (Å²) in [6.07, 6.45) is 5.19. The van der Waals surface area contributed by atoms with Gasteiger partial charge in [-0.05, 0) is 35.6 Å². The van der Waals surface area contributed by atoms with Crippen LogP contribution in [-0.4, -0.2) is 16.3 Å². The molecule has 1 atom stereocenters. The highest BCUT2D eigenvalue weighted by Crippen LogP contribution is 2.34. The molecule has 1 N–H and O–H groups in total. The van der Waals surface area contributed by atoms with Crippen LogP contribution in [-0.2, 0) is 7.05 Å². The number of fused-ring (bicyclic) bond motifs is 1. The monoisotopic (exact) mass is 227 g/mol. The van der Waals surface area contributed by atoms with Crippen LogP contribution < -0.4 is 5.32 Å². The minimum atomic E-state index is 0.642. The molecular formula is C14H17N3. The van der Waals surface area contributed by atoms with Crippen LogP contribution in [0, 0.1) is 0 Å². The Labute approximate surface area is 101 Å². The molecule has 3 rings (SSSR count). The third-order valence-electron chi connectivity index (χ3n) is 3.51. The second-order valence-corrected chi connectivity index (χ2v) is 4.82. The quantitative estimate of drug-likeness (QED) is 0.811. The first-order valence-corrected chi connectivity index (χ1v) is 6.11. The van der Waals surface area contributed by atoms with E-state index < -0.39 is 0 Å². The molecule has 1 aliphatic heterocycles. The molecule has 1 aromatic heterocycles. The maximum atomic E-state index is 4.23. The zero-order valence-corrected chi connectivity index (χ0v) is 10.3. The fraction of sp³-hybridized carbons (Fsp3) is 0.357. The van der Waals surface area contributed by atoms with E-state index in [1.54, 1.807) is 0 Å². The van der Waals surface area contributed by atoms with Crippen LogP contribution in [0.2, 0.25) is 0 Å². The molecule has 88 valence electrons. The lowest BCUT2D eigenvalue weighted by molar-refractivity contribution is 0.684. The first-order valence-electron chi connectivity index (χ1n) is 6.11. The standard InChI is InChI=1S/C14H17N3/c1-10-5-6-15-14-4-3-11(7-13(10)14)12-8-16-17(2)9-12/h3-4,7-10,15H,5-6H2,1-2H3/t10-/m0/s1. The highest BCUT2D eigenvalue weighted by Gasteiger charge is 2.16. The van der Waals surface area contributed by atoms with Gasteiger partial charge in [0.1, 0.15) is 0 Å². The molecule has 0 aliphatic carbocycles. The van der Waals surface area contributed by atoms with Gasteiger partial charge in [-0.15, -0.1) is 0 Å². The van der Waals surface area contributed by atoms with Gasteiger partial charge >= 0.3 is 0 Å². The first kappa shape index (κ1) is 10.4. The molecule has 1 aliphatic rings. The Morgan fingerprint density at radius 1 is 1.35 bits per heavy atom. The number of benzene rings is 1. The summed E-state index contributed by atoms with van der Waals surface area (Å²) >= 11 is 0. The smallest absolute Gasteiger partial charge is 0.0568 e. The Balaban J connectivity index is 2.05. The van der Waals surface area contributed by atoms with Gasteiger partial charge in [0.25, 0.3) is 0 Å². The number of anilines is 1. The average Bonchev–Trinajstić information content (AvgIpc) is 2.76. The van der Waals surface area contributed by atoms with E-state index >= 15 is 0 Å². The van der Waals surface area contributed by atoms with Crippen molar-refractivity contribution in [1.82, 2.24) is 9.78 Å². The van der Waals surface area contributed by atoms with E-state index in [0.29, 0.717) is 5.92 Å². The van der Waals surface area contributed by atoms with E-state index in [1.807, 2.05) is 17.9 Å². The van der Waals surface area contributed by atoms with Crippen LogP contribution >= 0.6 is 0 Å². The summed E-state index contributed by atoms with van der Waals surface area (Å²) in [4.78, 5) is 0. The molecule has 0 saturated carbocycles. The third kappa shape index (κ3) is 1.82. The number of hydrogen-bond donors (Lipinski definition) is 1. The molecular weight excluding hydrogens is 210 g/mol. The zero-order valence-electron chi connectivity index (χ0n) is 10.3. The van der Waals surface area contributed by atoms with Crippen molar-refractivity contribution in [2.75, 3.05) is 11.9 Å². The van der Waals surface area contributed by atoms with Gasteiger partial charge in [0.15, 0.2) is 0 Å². The maximum Gasteiger partial charge on any atom is 0.0568 e. The largest absolute Gasteiger partial charge is 0.385 e. The van der Waals surface area contributed by atoms with Crippen molar-refractivity contribution in [3.63, 3.8) is 0 Å². The van der Waals surface area contributed by atoms with Gasteiger partial charge in [-0.3, -0.25) is 4.68 Å². The van der Waals surface area contributed by atoms with E-state index in [0.717, 1.165) is 6.54 Å². The van der Waals surface area contributed by atoms with Gasteiger partial charge in [-0.2, -0.15) is 5.10 Å². The molecule has 3 heteroatoms. The number of rotatable bonds is 1. The Hall–Kier alpha value is -1.77. The number of hydrogen-bond acceptors (Lipinski definition) is 2. The van der Waals surface area contributed by atoms with Crippen molar-refractivity contribution in [3.05, 3.63) is 36.2 Å². The van der Waals surface area contributed by atoms with Crippen LogP contribution in [0.1, 0.15) is 24.8 Å². The molecule has 0 bridgehead atoms. The van der Waals surface area contributed by atoms with Gasteiger partial charge in [0, 0.05) is 31.0 Å². The molecule has 2 heterocycles. The average molecular weight is 227 g/mol. The Morgan fingerprint density at radius 3 is 3.00 bits per heavy atom. The SMILES string of the molecule is C[C@H]1CCNc2ccc(-c3cnn(C)c3)cc21. The summed E-state index contributed by atoms with van der Waals surface area (Å²) in [6, 6.07) is 6.65. The predicted octanol–water partition coefficient (Wildman–Crippen LogP) is 3.01. The van der Waals surface area contributed by atoms with E-state index in [4.69, 9.17) is 0 Å². The minimum absolute atomic E-state index is 0.642. The summed E-state index contributed by atoms with van der Waals surface area (Å²) < 4.78 is 1.84. The Morgan fingerprint density at radius 2 is 2.24 bits per heavy atom. The van der Waals surface area contributed by atoms with E-state index in [9.17, 15) is 0 Å². The van der Waals surface area contributed by atoms with Gasteiger partial charge in [-0.1, -0.05) is 13.0 Å². The lowest BCUT2D eigenvalue weighted by atomic mass is 9.90. The topological polar surface area (TPSA) is 29.9 Å². The second kappa shape index (κ2) is 3.91. The van der Waals surface area contributed by atoms with E-state index in [-0.39, 0.29) is 0 Å². The predicted molar refractivity (Wildman–Crippen MR) is 70.2 cm³/mol. The van der Waals surface area contributed by atoms with E-state index in [1.165, 1.54) is 28.8 Å². The Kier molecular flexibility index (Phi) is 2.39. The van der Waals surface area contributed by atoms with Crippen molar-refractivity contribution in [2.45, 2.75) is 19.3 Å². The molecule has 0 unspecified atom stereocenters. The highest BCUT2D eigenvalue weighted by molar-refractivity contribution is 5.68. The van der Waals surface area contributed by atoms with Crippen molar-refractivity contribution >= 4 is 5.69 Å². The molecule has 0 radical (unpaired) electrons. The molecule has 0 fully saturated rings. The first-order chi connectivity index (χ1) is 8.24. The number of nitrogens with zero attached hydrogens (tertiary/aromatic N) is 2. The third-order valence-corrected chi connectivity index (χ3v) is 3.51. The van der Waals surface area contributed by atoms with Gasteiger partial charge in [0.05, 0.1) is 6.20 Å². The van der Waals surface area contributed by atoms with Crippen molar-refractivity contribution in [3.8, 4) is 11.1 Å². The lowest BCUT2D eigenvalue weighted by Gasteiger charge is -2.24. The summed E-state index contributed by atoms with van der Waals surface area (Å²) in [5, 5.41) is 7.68.